The fourth-order valence-electron chi connectivity index (χ4n) is 3.78. The Morgan fingerprint density at radius 3 is 2.62 bits per heavy atom. The summed E-state index contributed by atoms with van der Waals surface area (Å²) in [6.07, 6.45) is 6.89. The first-order valence-electron chi connectivity index (χ1n) is 9.32. The van der Waals surface area contributed by atoms with Gasteiger partial charge in [-0.05, 0) is 30.3 Å². The summed E-state index contributed by atoms with van der Waals surface area (Å²) >= 11 is 0. The van der Waals surface area contributed by atoms with E-state index in [1.165, 1.54) is 6.07 Å². The standard InChI is InChI=1S/C23H22N4O2/c1-4-11-26(12-5-2)20(6-3)25-17-8-9-18-22-21(17)23(29)16-13-15(28)7-10-19(16)27(22)14-24-18/h4-10,13-14,20,25,28H,1-3,11-12H2. The molecule has 2 aromatic carbocycles. The van der Waals surface area contributed by atoms with Gasteiger partial charge in [0.2, 0.25) is 0 Å². The van der Waals surface area contributed by atoms with Crippen molar-refractivity contribution in [3.05, 3.63) is 84.8 Å². The molecular weight excluding hydrogens is 364 g/mol. The lowest BCUT2D eigenvalue weighted by atomic mass is 10.1. The number of hydrogen-bond donors (Lipinski definition) is 2. The van der Waals surface area contributed by atoms with Gasteiger partial charge in [0.15, 0.2) is 5.43 Å². The lowest BCUT2D eigenvalue weighted by Crippen LogP contribution is -2.39. The van der Waals surface area contributed by atoms with Crippen LogP contribution in [0.1, 0.15) is 0 Å². The van der Waals surface area contributed by atoms with Gasteiger partial charge < -0.3 is 10.4 Å². The quantitative estimate of drug-likeness (QED) is 0.274. The zero-order valence-corrected chi connectivity index (χ0v) is 16.0. The van der Waals surface area contributed by atoms with Gasteiger partial charge in [0.25, 0.3) is 0 Å². The van der Waals surface area contributed by atoms with Crippen molar-refractivity contribution in [1.82, 2.24) is 14.3 Å². The van der Waals surface area contributed by atoms with Gasteiger partial charge in [0.1, 0.15) is 12.1 Å². The van der Waals surface area contributed by atoms with Gasteiger partial charge in [-0.25, -0.2) is 4.98 Å². The number of fused-ring (bicyclic) bond motifs is 2. The first-order valence-corrected chi connectivity index (χ1v) is 9.32. The minimum atomic E-state index is -0.227. The molecule has 2 N–H and O–H groups in total. The van der Waals surface area contributed by atoms with E-state index in [0.29, 0.717) is 35.1 Å². The zero-order chi connectivity index (χ0) is 20.5. The number of phenolic OH excluding ortho intramolecular Hbond substituents is 1. The molecule has 2 heterocycles. The number of nitrogens with zero attached hydrogens (tertiary/aromatic N) is 3. The maximum atomic E-state index is 13.4. The molecule has 0 aliphatic carbocycles. The van der Waals surface area contributed by atoms with Crippen LogP contribution in [0.15, 0.2) is 79.4 Å². The summed E-state index contributed by atoms with van der Waals surface area (Å²) in [5.74, 6) is 0.0504. The van der Waals surface area contributed by atoms with Crippen LogP contribution in [0.4, 0.5) is 5.69 Å². The van der Waals surface area contributed by atoms with E-state index in [4.69, 9.17) is 0 Å². The number of rotatable bonds is 8. The van der Waals surface area contributed by atoms with Crippen molar-refractivity contribution in [1.29, 1.82) is 0 Å². The van der Waals surface area contributed by atoms with Crippen LogP contribution in [0.5, 0.6) is 5.75 Å². The third-order valence-corrected chi connectivity index (χ3v) is 5.07. The number of anilines is 1. The smallest absolute Gasteiger partial charge is 0.199 e. The second kappa shape index (κ2) is 7.41. The van der Waals surface area contributed by atoms with Crippen LogP contribution >= 0.6 is 0 Å². The number of pyridine rings is 1. The van der Waals surface area contributed by atoms with Gasteiger partial charge in [-0.3, -0.25) is 14.1 Å². The van der Waals surface area contributed by atoms with Gasteiger partial charge >= 0.3 is 0 Å². The largest absolute Gasteiger partial charge is 0.508 e. The second-order valence-electron chi connectivity index (χ2n) is 6.86. The van der Waals surface area contributed by atoms with Gasteiger partial charge in [-0.15, -0.1) is 13.2 Å². The Labute approximate surface area is 168 Å². The summed E-state index contributed by atoms with van der Waals surface area (Å²) in [5.41, 5.74) is 2.72. The number of aromatic nitrogens is 2. The summed E-state index contributed by atoms with van der Waals surface area (Å²) in [4.78, 5) is 19.9. The Kier molecular flexibility index (Phi) is 4.78. The number of nitrogens with one attached hydrogen (secondary N) is 1. The van der Waals surface area contributed by atoms with Crippen LogP contribution in [0.25, 0.3) is 27.3 Å². The fraction of sp³-hybridized carbons (Fsp3) is 0.130. The summed E-state index contributed by atoms with van der Waals surface area (Å²) in [5, 5.41) is 14.3. The topological polar surface area (TPSA) is 69.9 Å². The summed E-state index contributed by atoms with van der Waals surface area (Å²) in [6.45, 7) is 12.8. The monoisotopic (exact) mass is 386 g/mol. The molecule has 146 valence electrons. The summed E-state index contributed by atoms with van der Waals surface area (Å²) in [7, 11) is 0. The van der Waals surface area contributed by atoms with Crippen LogP contribution < -0.4 is 10.7 Å². The first kappa shape index (κ1) is 18.7. The molecule has 0 radical (unpaired) electrons. The Morgan fingerprint density at radius 2 is 1.93 bits per heavy atom. The molecule has 1 unspecified atom stereocenters. The Hall–Kier alpha value is -3.64. The highest BCUT2D eigenvalue weighted by molar-refractivity contribution is 6.07. The number of hydrogen-bond acceptors (Lipinski definition) is 5. The molecular formula is C23H22N4O2. The second-order valence-corrected chi connectivity index (χ2v) is 6.86. The van der Waals surface area contributed by atoms with Crippen molar-refractivity contribution in [2.75, 3.05) is 18.4 Å². The van der Waals surface area contributed by atoms with Crippen molar-refractivity contribution in [3.63, 3.8) is 0 Å². The van der Waals surface area contributed by atoms with E-state index in [9.17, 15) is 9.90 Å². The maximum Gasteiger partial charge on any atom is 0.199 e. The minimum Gasteiger partial charge on any atom is -0.508 e. The van der Waals surface area contributed by atoms with Crippen LogP contribution in [-0.4, -0.2) is 38.6 Å². The van der Waals surface area contributed by atoms with Crippen molar-refractivity contribution in [3.8, 4) is 5.75 Å². The van der Waals surface area contributed by atoms with Gasteiger partial charge in [0.05, 0.1) is 33.5 Å². The predicted molar refractivity (Wildman–Crippen MR) is 119 cm³/mol. The summed E-state index contributed by atoms with van der Waals surface area (Å²) in [6, 6.07) is 8.55. The molecule has 0 aliphatic heterocycles. The van der Waals surface area contributed by atoms with Gasteiger partial charge in [-0.1, -0.05) is 24.8 Å². The number of benzene rings is 2. The van der Waals surface area contributed by atoms with Crippen molar-refractivity contribution < 1.29 is 5.11 Å². The lowest BCUT2D eigenvalue weighted by Gasteiger charge is -2.29. The average molecular weight is 386 g/mol. The molecule has 1 atom stereocenters. The SMILES string of the molecule is C=CCN(CC=C)C(C=C)Nc1ccc2ncn3c4ccc(O)cc4c(=O)c1c23. The van der Waals surface area contributed by atoms with E-state index >= 15 is 0 Å². The molecule has 0 saturated heterocycles. The Bertz CT molecular complexity index is 1280. The highest BCUT2D eigenvalue weighted by Gasteiger charge is 2.19. The van der Waals surface area contributed by atoms with E-state index in [-0.39, 0.29) is 17.3 Å². The van der Waals surface area contributed by atoms with E-state index in [1.54, 1.807) is 24.5 Å². The fourth-order valence-corrected chi connectivity index (χ4v) is 3.78. The van der Waals surface area contributed by atoms with Crippen molar-refractivity contribution >= 4 is 33.0 Å². The molecule has 0 spiro atoms. The molecule has 0 amide bonds. The maximum absolute atomic E-state index is 13.4. The summed E-state index contributed by atoms with van der Waals surface area (Å²) < 4.78 is 1.89. The molecule has 0 saturated carbocycles. The molecule has 2 aromatic heterocycles. The average Bonchev–Trinajstić information content (AvgIpc) is 3.15. The third-order valence-electron chi connectivity index (χ3n) is 5.07. The first-order chi connectivity index (χ1) is 14.1. The minimum absolute atomic E-state index is 0.0504. The molecule has 0 fully saturated rings. The zero-order valence-electron chi connectivity index (χ0n) is 16.0. The number of aromatic hydroxyl groups is 1. The Balaban J connectivity index is 1.95. The Morgan fingerprint density at radius 1 is 1.17 bits per heavy atom. The van der Waals surface area contributed by atoms with Crippen LogP contribution in [0.2, 0.25) is 0 Å². The number of phenols is 1. The molecule has 4 rings (SSSR count). The van der Waals surface area contributed by atoms with Gasteiger partial charge in [-0.2, -0.15) is 0 Å². The normalized spacial score (nSPS) is 12.6. The van der Waals surface area contributed by atoms with Crippen LogP contribution in [0.3, 0.4) is 0 Å². The highest BCUT2D eigenvalue weighted by Crippen LogP contribution is 2.30. The highest BCUT2D eigenvalue weighted by atomic mass is 16.3. The third kappa shape index (κ3) is 3.03. The predicted octanol–water partition coefficient (Wildman–Crippen LogP) is 3.74. The van der Waals surface area contributed by atoms with Crippen molar-refractivity contribution in [2.45, 2.75) is 6.17 Å². The van der Waals surface area contributed by atoms with E-state index in [0.717, 1.165) is 11.0 Å². The molecule has 0 bridgehead atoms. The van der Waals surface area contributed by atoms with E-state index in [1.807, 2.05) is 28.7 Å². The van der Waals surface area contributed by atoms with Crippen LogP contribution in [-0.2, 0) is 0 Å². The molecule has 6 heteroatoms. The van der Waals surface area contributed by atoms with Gasteiger partial charge in [0, 0.05) is 18.8 Å². The molecule has 0 aliphatic rings. The lowest BCUT2D eigenvalue weighted by molar-refractivity contribution is 0.304. The van der Waals surface area contributed by atoms with Crippen LogP contribution in [0, 0.1) is 0 Å². The van der Waals surface area contributed by atoms with E-state index in [2.05, 4.69) is 34.9 Å². The molecule has 6 nitrogen and oxygen atoms in total. The molecule has 29 heavy (non-hydrogen) atoms. The number of imidazole rings is 1. The van der Waals surface area contributed by atoms with Crippen molar-refractivity contribution in [2.24, 2.45) is 0 Å². The molecule has 4 aromatic rings. The van der Waals surface area contributed by atoms with E-state index < -0.39 is 0 Å².